The lowest BCUT2D eigenvalue weighted by Crippen LogP contribution is -2.45. The van der Waals surface area contributed by atoms with Gasteiger partial charge in [-0.1, -0.05) is 18.0 Å². The lowest BCUT2D eigenvalue weighted by atomic mass is 10.1. The Balaban J connectivity index is 1.79. The van der Waals surface area contributed by atoms with Crippen LogP contribution in [0.4, 0.5) is 5.69 Å². The molecule has 0 unspecified atom stereocenters. The zero-order valence-corrected chi connectivity index (χ0v) is 10.5. The molecule has 90 valence electrons. The van der Waals surface area contributed by atoms with E-state index in [0.29, 0.717) is 0 Å². The van der Waals surface area contributed by atoms with Crippen LogP contribution in [0.3, 0.4) is 0 Å². The van der Waals surface area contributed by atoms with Gasteiger partial charge in [-0.2, -0.15) is 0 Å². The Labute approximate surface area is 107 Å². The molecule has 0 amide bonds. The fourth-order valence-corrected chi connectivity index (χ4v) is 2.65. The Morgan fingerprint density at radius 1 is 1.12 bits per heavy atom. The Morgan fingerprint density at radius 2 is 1.94 bits per heavy atom. The zero-order valence-electron chi connectivity index (χ0n) is 9.77. The van der Waals surface area contributed by atoms with Crippen molar-refractivity contribution in [2.75, 3.05) is 13.1 Å². The van der Waals surface area contributed by atoms with Crippen molar-refractivity contribution in [1.82, 2.24) is 10.0 Å². The standard InChI is InChI=1S/C13H16ClN3/c14-12-4-5-13-11(8-12)9-17(10-15-13)16-6-2-1-3-7-16/h4-5,8,10H,1-3,6-7,9H2. The SMILES string of the molecule is Clc1ccc2c(c1)CN(N1CCCCC1)C=N2. The largest absolute Gasteiger partial charge is 0.291 e. The maximum absolute atomic E-state index is 6.03. The van der Waals surface area contributed by atoms with Gasteiger partial charge in [0.15, 0.2) is 0 Å². The summed E-state index contributed by atoms with van der Waals surface area (Å²) in [5, 5.41) is 5.40. The monoisotopic (exact) mass is 249 g/mol. The average Bonchev–Trinajstić information content (AvgIpc) is 2.39. The third-order valence-electron chi connectivity index (χ3n) is 3.40. The molecule has 0 bridgehead atoms. The van der Waals surface area contributed by atoms with Gasteiger partial charge >= 0.3 is 0 Å². The van der Waals surface area contributed by atoms with E-state index in [1.165, 1.54) is 24.8 Å². The predicted octanol–water partition coefficient (Wildman–Crippen LogP) is 3.22. The lowest BCUT2D eigenvalue weighted by molar-refractivity contribution is 0.0226. The number of fused-ring (bicyclic) bond motifs is 1. The Morgan fingerprint density at radius 3 is 2.76 bits per heavy atom. The molecule has 1 aromatic carbocycles. The van der Waals surface area contributed by atoms with E-state index in [0.717, 1.165) is 30.3 Å². The van der Waals surface area contributed by atoms with Gasteiger partial charge in [0.05, 0.1) is 12.2 Å². The van der Waals surface area contributed by atoms with E-state index in [-0.39, 0.29) is 0 Å². The molecule has 3 nitrogen and oxygen atoms in total. The number of rotatable bonds is 1. The van der Waals surface area contributed by atoms with Crippen molar-refractivity contribution in [2.24, 2.45) is 4.99 Å². The van der Waals surface area contributed by atoms with Crippen LogP contribution < -0.4 is 0 Å². The number of aliphatic imine (C=N–C) groups is 1. The topological polar surface area (TPSA) is 18.8 Å². The van der Waals surface area contributed by atoms with Crippen LogP contribution in [-0.4, -0.2) is 29.4 Å². The van der Waals surface area contributed by atoms with Gasteiger partial charge in [0, 0.05) is 23.7 Å². The van der Waals surface area contributed by atoms with Gasteiger partial charge in [0.1, 0.15) is 6.34 Å². The molecule has 0 aliphatic carbocycles. The normalized spacial score (nSPS) is 20.4. The van der Waals surface area contributed by atoms with Crippen molar-refractivity contribution >= 4 is 23.6 Å². The zero-order chi connectivity index (χ0) is 11.7. The summed E-state index contributed by atoms with van der Waals surface area (Å²) in [6, 6.07) is 5.90. The molecule has 0 spiro atoms. The fourth-order valence-electron chi connectivity index (χ4n) is 2.46. The number of hydrazine groups is 1. The maximum atomic E-state index is 6.03. The lowest BCUT2D eigenvalue weighted by Gasteiger charge is -2.37. The number of nitrogens with zero attached hydrogens (tertiary/aromatic N) is 3. The van der Waals surface area contributed by atoms with Crippen LogP contribution in [-0.2, 0) is 6.54 Å². The van der Waals surface area contributed by atoms with Crippen molar-refractivity contribution in [2.45, 2.75) is 25.8 Å². The van der Waals surface area contributed by atoms with Gasteiger partial charge in [0.2, 0.25) is 0 Å². The molecule has 2 aliphatic heterocycles. The summed E-state index contributed by atoms with van der Waals surface area (Å²) in [5.41, 5.74) is 2.26. The molecular weight excluding hydrogens is 234 g/mol. The van der Waals surface area contributed by atoms with E-state index in [1.807, 2.05) is 24.5 Å². The highest BCUT2D eigenvalue weighted by Gasteiger charge is 2.19. The van der Waals surface area contributed by atoms with Crippen LogP contribution in [0.5, 0.6) is 0 Å². The van der Waals surface area contributed by atoms with Gasteiger partial charge in [-0.05, 0) is 31.0 Å². The number of hydrogen-bond donors (Lipinski definition) is 0. The first-order valence-electron chi connectivity index (χ1n) is 6.17. The van der Waals surface area contributed by atoms with Crippen LogP contribution in [0, 0.1) is 0 Å². The first-order valence-corrected chi connectivity index (χ1v) is 6.55. The van der Waals surface area contributed by atoms with Gasteiger partial charge in [-0.3, -0.25) is 5.01 Å². The fraction of sp³-hybridized carbons (Fsp3) is 0.462. The second kappa shape index (κ2) is 4.67. The minimum Gasteiger partial charge on any atom is -0.291 e. The van der Waals surface area contributed by atoms with E-state index in [4.69, 9.17) is 11.6 Å². The highest BCUT2D eigenvalue weighted by molar-refractivity contribution is 6.30. The number of benzene rings is 1. The van der Waals surface area contributed by atoms with Crippen LogP contribution in [0.15, 0.2) is 23.2 Å². The summed E-state index contributed by atoms with van der Waals surface area (Å²) in [5.74, 6) is 0. The smallest absolute Gasteiger partial charge is 0.106 e. The summed E-state index contributed by atoms with van der Waals surface area (Å²) in [7, 11) is 0. The van der Waals surface area contributed by atoms with Gasteiger partial charge in [-0.25, -0.2) is 10.0 Å². The third-order valence-corrected chi connectivity index (χ3v) is 3.63. The minimum atomic E-state index is 0.791. The quantitative estimate of drug-likeness (QED) is 0.761. The Kier molecular flexibility index (Phi) is 3.04. The molecule has 0 N–H and O–H groups in total. The summed E-state index contributed by atoms with van der Waals surface area (Å²) < 4.78 is 0. The second-order valence-corrected chi connectivity index (χ2v) is 5.07. The first-order chi connectivity index (χ1) is 8.33. The summed E-state index contributed by atoms with van der Waals surface area (Å²) >= 11 is 6.03. The van der Waals surface area contributed by atoms with Crippen molar-refractivity contribution in [3.8, 4) is 0 Å². The van der Waals surface area contributed by atoms with Crippen molar-refractivity contribution in [3.63, 3.8) is 0 Å². The van der Waals surface area contributed by atoms with E-state index in [1.54, 1.807) is 0 Å². The molecular formula is C13H16ClN3. The molecule has 1 aromatic rings. The van der Waals surface area contributed by atoms with Crippen LogP contribution in [0.1, 0.15) is 24.8 Å². The van der Waals surface area contributed by atoms with Gasteiger partial charge in [-0.15, -0.1) is 0 Å². The predicted molar refractivity (Wildman–Crippen MR) is 70.6 cm³/mol. The minimum absolute atomic E-state index is 0.791. The third kappa shape index (κ3) is 2.31. The molecule has 3 rings (SSSR count). The number of halogens is 1. The van der Waals surface area contributed by atoms with E-state index >= 15 is 0 Å². The highest BCUT2D eigenvalue weighted by Crippen LogP contribution is 2.28. The number of piperidine rings is 1. The Bertz CT molecular complexity index is 438. The number of hydrogen-bond acceptors (Lipinski definition) is 3. The molecule has 17 heavy (non-hydrogen) atoms. The Hall–Kier alpha value is -1.06. The van der Waals surface area contributed by atoms with Gasteiger partial charge in [0.25, 0.3) is 0 Å². The van der Waals surface area contributed by atoms with Crippen LogP contribution in [0.2, 0.25) is 5.02 Å². The molecule has 1 saturated heterocycles. The molecule has 2 heterocycles. The van der Waals surface area contributed by atoms with E-state index in [2.05, 4.69) is 15.0 Å². The molecule has 1 fully saturated rings. The summed E-state index contributed by atoms with van der Waals surface area (Å²) in [6.07, 6.45) is 5.87. The van der Waals surface area contributed by atoms with Crippen LogP contribution in [0.25, 0.3) is 0 Å². The van der Waals surface area contributed by atoms with E-state index < -0.39 is 0 Å². The van der Waals surface area contributed by atoms with E-state index in [9.17, 15) is 0 Å². The second-order valence-electron chi connectivity index (χ2n) is 4.63. The van der Waals surface area contributed by atoms with Crippen molar-refractivity contribution in [1.29, 1.82) is 0 Å². The molecule has 0 atom stereocenters. The van der Waals surface area contributed by atoms with Crippen molar-refractivity contribution in [3.05, 3.63) is 28.8 Å². The molecule has 4 heteroatoms. The molecule has 0 radical (unpaired) electrons. The van der Waals surface area contributed by atoms with Crippen molar-refractivity contribution < 1.29 is 0 Å². The summed E-state index contributed by atoms with van der Waals surface area (Å²) in [4.78, 5) is 4.49. The first kappa shape index (κ1) is 11.1. The van der Waals surface area contributed by atoms with Gasteiger partial charge < -0.3 is 0 Å². The molecule has 0 aromatic heterocycles. The molecule has 2 aliphatic rings. The van der Waals surface area contributed by atoms with Crippen LogP contribution >= 0.6 is 11.6 Å². The summed E-state index contributed by atoms with van der Waals surface area (Å²) in [6.45, 7) is 3.17. The molecule has 0 saturated carbocycles. The average molecular weight is 250 g/mol. The maximum Gasteiger partial charge on any atom is 0.106 e. The highest BCUT2D eigenvalue weighted by atomic mass is 35.5.